The Morgan fingerprint density at radius 2 is 2.11 bits per heavy atom. The average Bonchev–Trinajstić information content (AvgIpc) is 3.36. The number of hydrogen-bond acceptors (Lipinski definition) is 7. The number of amides is 2. The molecule has 0 spiro atoms. The quantitative estimate of drug-likeness (QED) is 0.623. The van der Waals surface area contributed by atoms with Crippen molar-refractivity contribution in [3.8, 4) is 11.3 Å². The summed E-state index contributed by atoms with van der Waals surface area (Å²) in [6, 6.07) is 3.41. The number of fused-ring (bicyclic) bond motifs is 1. The standard InChI is InChI=1S/C18H19N7O3/c1-2-28-16(26)10-25-9-11(7-20-25)14-8-19-13-5-6-15(23-17(13)22-14)24-18(27)21-12-3-4-12/h5-9,12H,2-4,10H2,1H3,(H2,21,22,23,24,27). The lowest BCUT2D eigenvalue weighted by Crippen LogP contribution is -2.30. The van der Waals surface area contributed by atoms with Gasteiger partial charge in [-0.2, -0.15) is 5.10 Å². The summed E-state index contributed by atoms with van der Waals surface area (Å²) in [5, 5.41) is 9.69. The highest BCUT2D eigenvalue weighted by Gasteiger charge is 2.23. The van der Waals surface area contributed by atoms with Gasteiger partial charge in [0.1, 0.15) is 17.9 Å². The van der Waals surface area contributed by atoms with E-state index in [4.69, 9.17) is 4.74 Å². The first-order valence-electron chi connectivity index (χ1n) is 9.00. The van der Waals surface area contributed by atoms with Crippen LogP contribution in [0.1, 0.15) is 19.8 Å². The van der Waals surface area contributed by atoms with Gasteiger partial charge in [0.25, 0.3) is 0 Å². The molecule has 0 bridgehead atoms. The van der Waals surface area contributed by atoms with Crippen molar-refractivity contribution in [1.82, 2.24) is 30.0 Å². The van der Waals surface area contributed by atoms with Gasteiger partial charge in [-0.25, -0.2) is 14.8 Å². The highest BCUT2D eigenvalue weighted by atomic mass is 16.5. The zero-order valence-corrected chi connectivity index (χ0v) is 15.3. The molecule has 0 unspecified atom stereocenters. The Morgan fingerprint density at radius 1 is 1.25 bits per heavy atom. The Kier molecular flexibility index (Phi) is 4.83. The Bertz CT molecular complexity index is 1030. The Labute approximate surface area is 160 Å². The molecule has 2 N–H and O–H groups in total. The maximum absolute atomic E-state index is 11.9. The fourth-order valence-corrected chi connectivity index (χ4v) is 2.59. The zero-order chi connectivity index (χ0) is 19.5. The van der Waals surface area contributed by atoms with Gasteiger partial charge in [-0.05, 0) is 31.9 Å². The Balaban J connectivity index is 1.52. The summed E-state index contributed by atoms with van der Waals surface area (Å²) < 4.78 is 6.39. The molecule has 0 atom stereocenters. The summed E-state index contributed by atoms with van der Waals surface area (Å²) in [5.74, 6) is 0.0405. The summed E-state index contributed by atoms with van der Waals surface area (Å²) in [5.41, 5.74) is 2.27. The number of rotatable bonds is 6. The van der Waals surface area contributed by atoms with E-state index in [1.807, 2.05) is 0 Å². The Hall–Kier alpha value is -3.56. The first-order chi connectivity index (χ1) is 13.6. The molecule has 0 saturated heterocycles. The third kappa shape index (κ3) is 4.22. The van der Waals surface area contributed by atoms with Gasteiger partial charge in [0.15, 0.2) is 5.65 Å². The van der Waals surface area contributed by atoms with Crippen LogP contribution >= 0.6 is 0 Å². The van der Waals surface area contributed by atoms with Crippen LogP contribution in [0.15, 0.2) is 30.7 Å². The molecule has 0 radical (unpaired) electrons. The van der Waals surface area contributed by atoms with Crippen molar-refractivity contribution in [2.45, 2.75) is 32.4 Å². The van der Waals surface area contributed by atoms with E-state index in [0.29, 0.717) is 34.8 Å². The normalized spacial score (nSPS) is 13.3. The highest BCUT2D eigenvalue weighted by molar-refractivity contribution is 5.89. The van der Waals surface area contributed by atoms with Crippen molar-refractivity contribution in [2.24, 2.45) is 0 Å². The predicted molar refractivity (Wildman–Crippen MR) is 100 cm³/mol. The SMILES string of the molecule is CCOC(=O)Cn1cc(-c2cnc3ccc(NC(=O)NC4CC4)nc3n2)cn1. The van der Waals surface area contributed by atoms with E-state index in [9.17, 15) is 9.59 Å². The third-order valence-electron chi connectivity index (χ3n) is 4.09. The summed E-state index contributed by atoms with van der Waals surface area (Å²) in [6.45, 7) is 2.10. The molecule has 10 nitrogen and oxygen atoms in total. The van der Waals surface area contributed by atoms with Crippen LogP contribution < -0.4 is 10.6 Å². The molecule has 3 heterocycles. The van der Waals surface area contributed by atoms with Crippen LogP contribution in [0.4, 0.5) is 10.6 Å². The molecular weight excluding hydrogens is 362 g/mol. The lowest BCUT2D eigenvalue weighted by molar-refractivity contribution is -0.144. The number of urea groups is 1. The number of anilines is 1. The van der Waals surface area contributed by atoms with E-state index in [2.05, 4.69) is 30.7 Å². The lowest BCUT2D eigenvalue weighted by atomic mass is 10.2. The van der Waals surface area contributed by atoms with Crippen molar-refractivity contribution in [3.63, 3.8) is 0 Å². The largest absolute Gasteiger partial charge is 0.465 e. The van der Waals surface area contributed by atoms with Crippen molar-refractivity contribution >= 4 is 29.0 Å². The number of ether oxygens (including phenoxy) is 1. The van der Waals surface area contributed by atoms with Gasteiger partial charge in [-0.15, -0.1) is 0 Å². The summed E-state index contributed by atoms with van der Waals surface area (Å²) >= 11 is 0. The van der Waals surface area contributed by atoms with Gasteiger partial charge in [-0.3, -0.25) is 19.8 Å². The zero-order valence-electron chi connectivity index (χ0n) is 15.3. The molecule has 144 valence electrons. The van der Waals surface area contributed by atoms with Gasteiger partial charge in [0, 0.05) is 17.8 Å². The van der Waals surface area contributed by atoms with Crippen molar-refractivity contribution in [1.29, 1.82) is 0 Å². The molecular formula is C18H19N7O3. The van der Waals surface area contributed by atoms with Crippen molar-refractivity contribution in [3.05, 3.63) is 30.7 Å². The predicted octanol–water partition coefficient (Wildman–Crippen LogP) is 1.74. The first kappa shape index (κ1) is 17.8. The summed E-state index contributed by atoms with van der Waals surface area (Å²) in [4.78, 5) is 36.7. The lowest BCUT2D eigenvalue weighted by Gasteiger charge is -2.06. The first-order valence-corrected chi connectivity index (χ1v) is 9.00. The van der Waals surface area contributed by atoms with Gasteiger partial charge in [0.05, 0.1) is 24.7 Å². The minimum Gasteiger partial charge on any atom is -0.465 e. The van der Waals surface area contributed by atoms with Gasteiger partial charge >= 0.3 is 12.0 Å². The number of carbonyl (C=O) groups excluding carboxylic acids is 2. The van der Waals surface area contributed by atoms with Crippen LogP contribution in [-0.2, 0) is 16.1 Å². The van der Waals surface area contributed by atoms with E-state index in [1.54, 1.807) is 37.6 Å². The summed E-state index contributed by atoms with van der Waals surface area (Å²) in [6.07, 6.45) is 6.93. The number of nitrogens with one attached hydrogen (secondary N) is 2. The number of pyridine rings is 1. The van der Waals surface area contributed by atoms with Crippen LogP contribution in [0.2, 0.25) is 0 Å². The van der Waals surface area contributed by atoms with E-state index in [0.717, 1.165) is 12.8 Å². The highest BCUT2D eigenvalue weighted by Crippen LogP contribution is 2.20. The molecule has 1 aliphatic carbocycles. The van der Waals surface area contributed by atoms with Gasteiger partial charge in [-0.1, -0.05) is 0 Å². The van der Waals surface area contributed by atoms with Gasteiger partial charge < -0.3 is 10.1 Å². The minimum absolute atomic E-state index is 0.0251. The molecule has 1 aliphatic rings. The number of nitrogens with zero attached hydrogens (tertiary/aromatic N) is 5. The Morgan fingerprint density at radius 3 is 2.89 bits per heavy atom. The molecule has 10 heteroatoms. The molecule has 3 aromatic rings. The fourth-order valence-electron chi connectivity index (χ4n) is 2.59. The smallest absolute Gasteiger partial charge is 0.327 e. The van der Waals surface area contributed by atoms with Crippen LogP contribution in [-0.4, -0.2) is 49.4 Å². The van der Waals surface area contributed by atoms with Crippen LogP contribution in [0.25, 0.3) is 22.4 Å². The second-order valence-corrected chi connectivity index (χ2v) is 6.40. The minimum atomic E-state index is -0.358. The van der Waals surface area contributed by atoms with E-state index in [1.165, 1.54) is 4.68 Å². The second-order valence-electron chi connectivity index (χ2n) is 6.40. The maximum Gasteiger partial charge on any atom is 0.327 e. The van der Waals surface area contributed by atoms with E-state index >= 15 is 0 Å². The van der Waals surface area contributed by atoms with Crippen molar-refractivity contribution in [2.75, 3.05) is 11.9 Å². The molecule has 1 saturated carbocycles. The monoisotopic (exact) mass is 381 g/mol. The maximum atomic E-state index is 11.9. The topological polar surface area (TPSA) is 124 Å². The molecule has 2 amide bonds. The van der Waals surface area contributed by atoms with Crippen LogP contribution in [0, 0.1) is 0 Å². The second kappa shape index (κ2) is 7.59. The van der Waals surface area contributed by atoms with Gasteiger partial charge in [0.2, 0.25) is 0 Å². The van der Waals surface area contributed by atoms with Crippen LogP contribution in [0.3, 0.4) is 0 Å². The number of esters is 1. The van der Waals surface area contributed by atoms with E-state index in [-0.39, 0.29) is 24.6 Å². The van der Waals surface area contributed by atoms with E-state index < -0.39 is 0 Å². The number of aromatic nitrogens is 5. The molecule has 3 aromatic heterocycles. The molecule has 0 aliphatic heterocycles. The third-order valence-corrected chi connectivity index (χ3v) is 4.09. The van der Waals surface area contributed by atoms with Crippen molar-refractivity contribution < 1.29 is 14.3 Å². The summed E-state index contributed by atoms with van der Waals surface area (Å²) in [7, 11) is 0. The van der Waals surface area contributed by atoms with Crippen LogP contribution in [0.5, 0.6) is 0 Å². The number of carbonyl (C=O) groups is 2. The molecule has 0 aromatic carbocycles. The average molecular weight is 381 g/mol. The fraction of sp³-hybridized carbons (Fsp3) is 0.333. The molecule has 1 fully saturated rings. The molecule has 4 rings (SSSR count). The number of hydrogen-bond donors (Lipinski definition) is 2. The molecule has 28 heavy (non-hydrogen) atoms.